The highest BCUT2D eigenvalue weighted by Gasteiger charge is 2.28. The van der Waals surface area contributed by atoms with E-state index in [-0.39, 0.29) is 6.54 Å². The van der Waals surface area contributed by atoms with Crippen molar-refractivity contribution in [3.8, 4) is 5.75 Å². The third kappa shape index (κ3) is 2.80. The third-order valence-corrected chi connectivity index (χ3v) is 4.73. The van der Waals surface area contributed by atoms with Gasteiger partial charge >= 0.3 is 10.2 Å². The summed E-state index contributed by atoms with van der Waals surface area (Å²) in [5.74, 6) is 0.582. The molecule has 0 unspecified atom stereocenters. The van der Waals surface area contributed by atoms with E-state index in [2.05, 4.69) is 4.72 Å². The quantitative estimate of drug-likeness (QED) is 0.948. The zero-order chi connectivity index (χ0) is 14.9. The highest BCUT2D eigenvalue weighted by Crippen LogP contribution is 2.33. The van der Waals surface area contributed by atoms with Gasteiger partial charge in [-0.15, -0.1) is 0 Å². The van der Waals surface area contributed by atoms with E-state index < -0.39 is 10.2 Å². The lowest BCUT2D eigenvalue weighted by atomic mass is 10.2. The van der Waals surface area contributed by atoms with E-state index in [0.717, 1.165) is 5.56 Å². The fraction of sp³-hybridized carbons (Fsp3) is 0.200. The van der Waals surface area contributed by atoms with Crippen LogP contribution in [0.5, 0.6) is 5.75 Å². The molecule has 3 rings (SSSR count). The Morgan fingerprint density at radius 3 is 2.57 bits per heavy atom. The first-order valence-corrected chi connectivity index (χ1v) is 8.09. The van der Waals surface area contributed by atoms with Crippen LogP contribution in [0.1, 0.15) is 5.56 Å². The highest BCUT2D eigenvalue weighted by atomic mass is 32.2. The van der Waals surface area contributed by atoms with E-state index in [0.29, 0.717) is 23.7 Å². The molecule has 2 aromatic carbocycles. The van der Waals surface area contributed by atoms with Crippen LogP contribution in [0.3, 0.4) is 0 Å². The summed E-state index contributed by atoms with van der Waals surface area (Å²) in [7, 11) is -3.66. The lowest BCUT2D eigenvalue weighted by Gasteiger charge is -2.30. The summed E-state index contributed by atoms with van der Waals surface area (Å²) in [5.41, 5.74) is 2.18. The van der Waals surface area contributed by atoms with Crippen LogP contribution in [0.25, 0.3) is 0 Å². The number of para-hydroxylation sites is 2. The standard InChI is InChI=1S/C15H16N2O3S/c1-12-6-8-13(9-7-12)16-21(18,19)17-10-11-20-15-5-3-2-4-14(15)17/h2-9,16H,10-11H2,1H3. The second-order valence-corrected chi connectivity index (χ2v) is 6.46. The maximum Gasteiger partial charge on any atom is 0.324 e. The Kier molecular flexibility index (Phi) is 3.47. The molecule has 1 N–H and O–H groups in total. The molecule has 0 atom stereocenters. The highest BCUT2D eigenvalue weighted by molar-refractivity contribution is 7.94. The van der Waals surface area contributed by atoms with Crippen molar-refractivity contribution in [3.63, 3.8) is 0 Å². The van der Waals surface area contributed by atoms with Gasteiger partial charge in [-0.25, -0.2) is 4.31 Å². The SMILES string of the molecule is Cc1ccc(NS(=O)(=O)N2CCOc3ccccc32)cc1. The summed E-state index contributed by atoms with van der Waals surface area (Å²) in [6, 6.07) is 14.4. The average molecular weight is 304 g/mol. The molecule has 0 saturated heterocycles. The van der Waals surface area contributed by atoms with E-state index in [1.54, 1.807) is 30.3 Å². The second kappa shape index (κ2) is 5.29. The average Bonchev–Trinajstić information content (AvgIpc) is 2.49. The number of aryl methyl sites for hydroxylation is 1. The number of nitrogens with zero attached hydrogens (tertiary/aromatic N) is 1. The monoisotopic (exact) mass is 304 g/mol. The molecule has 0 saturated carbocycles. The molecule has 1 aliphatic rings. The lowest BCUT2D eigenvalue weighted by Crippen LogP contribution is -2.41. The van der Waals surface area contributed by atoms with Crippen LogP contribution in [0.4, 0.5) is 11.4 Å². The summed E-state index contributed by atoms with van der Waals surface area (Å²) >= 11 is 0. The molecule has 5 nitrogen and oxygen atoms in total. The molecule has 6 heteroatoms. The minimum Gasteiger partial charge on any atom is -0.489 e. The molecular weight excluding hydrogens is 288 g/mol. The maximum atomic E-state index is 12.6. The van der Waals surface area contributed by atoms with Crippen LogP contribution in [0.15, 0.2) is 48.5 Å². The Labute approximate surface area is 124 Å². The largest absolute Gasteiger partial charge is 0.489 e. The zero-order valence-corrected chi connectivity index (χ0v) is 12.4. The molecule has 0 aromatic heterocycles. The fourth-order valence-corrected chi connectivity index (χ4v) is 3.49. The number of hydrogen-bond acceptors (Lipinski definition) is 3. The minimum atomic E-state index is -3.66. The predicted molar refractivity (Wildman–Crippen MR) is 83.0 cm³/mol. The summed E-state index contributed by atoms with van der Waals surface area (Å²) < 4.78 is 34.5. The van der Waals surface area contributed by atoms with Gasteiger partial charge in [0.05, 0.1) is 17.9 Å². The molecule has 1 aliphatic heterocycles. The summed E-state index contributed by atoms with van der Waals surface area (Å²) in [4.78, 5) is 0. The van der Waals surface area contributed by atoms with Crippen molar-refractivity contribution in [2.24, 2.45) is 0 Å². The molecule has 0 fully saturated rings. The van der Waals surface area contributed by atoms with Gasteiger partial charge in [0.2, 0.25) is 0 Å². The molecule has 0 radical (unpaired) electrons. The van der Waals surface area contributed by atoms with Crippen molar-refractivity contribution in [1.29, 1.82) is 0 Å². The topological polar surface area (TPSA) is 58.6 Å². The molecule has 0 aliphatic carbocycles. The van der Waals surface area contributed by atoms with Crippen molar-refractivity contribution in [3.05, 3.63) is 54.1 Å². The van der Waals surface area contributed by atoms with E-state index in [4.69, 9.17) is 4.74 Å². The van der Waals surface area contributed by atoms with Crippen LogP contribution >= 0.6 is 0 Å². The van der Waals surface area contributed by atoms with Crippen LogP contribution in [0.2, 0.25) is 0 Å². The van der Waals surface area contributed by atoms with Crippen molar-refractivity contribution >= 4 is 21.6 Å². The van der Waals surface area contributed by atoms with Crippen LogP contribution in [-0.2, 0) is 10.2 Å². The normalized spacial score (nSPS) is 14.2. The molecule has 0 bridgehead atoms. The number of benzene rings is 2. The Morgan fingerprint density at radius 2 is 1.81 bits per heavy atom. The van der Waals surface area contributed by atoms with Gasteiger partial charge in [0.25, 0.3) is 0 Å². The van der Waals surface area contributed by atoms with Crippen molar-refractivity contribution in [1.82, 2.24) is 0 Å². The summed E-state index contributed by atoms with van der Waals surface area (Å²) in [5, 5.41) is 0. The molecule has 0 amide bonds. The lowest BCUT2D eigenvalue weighted by molar-refractivity contribution is 0.316. The summed E-state index contributed by atoms with van der Waals surface area (Å²) in [6.07, 6.45) is 0. The van der Waals surface area contributed by atoms with E-state index >= 15 is 0 Å². The van der Waals surface area contributed by atoms with Crippen LogP contribution in [-0.4, -0.2) is 21.6 Å². The Bertz CT molecular complexity index is 742. The smallest absolute Gasteiger partial charge is 0.324 e. The van der Waals surface area contributed by atoms with Gasteiger partial charge in [0.15, 0.2) is 0 Å². The molecular formula is C15H16N2O3S. The first-order chi connectivity index (χ1) is 10.1. The summed E-state index contributed by atoms with van der Waals surface area (Å²) in [6.45, 7) is 2.58. The van der Waals surface area contributed by atoms with E-state index in [9.17, 15) is 8.42 Å². The first kappa shape index (κ1) is 13.8. The van der Waals surface area contributed by atoms with Gasteiger partial charge in [-0.3, -0.25) is 4.72 Å². The number of fused-ring (bicyclic) bond motifs is 1. The second-order valence-electron chi connectivity index (χ2n) is 4.86. The van der Waals surface area contributed by atoms with Crippen molar-refractivity contribution < 1.29 is 13.2 Å². The van der Waals surface area contributed by atoms with Gasteiger partial charge < -0.3 is 4.74 Å². The molecule has 110 valence electrons. The van der Waals surface area contributed by atoms with Crippen LogP contribution in [0, 0.1) is 6.92 Å². The zero-order valence-electron chi connectivity index (χ0n) is 11.6. The van der Waals surface area contributed by atoms with Gasteiger partial charge in [0.1, 0.15) is 12.4 Å². The van der Waals surface area contributed by atoms with Crippen molar-refractivity contribution in [2.75, 3.05) is 22.2 Å². The van der Waals surface area contributed by atoms with E-state index in [1.807, 2.05) is 25.1 Å². The minimum absolute atomic E-state index is 0.290. The number of ether oxygens (including phenoxy) is 1. The third-order valence-electron chi connectivity index (χ3n) is 3.27. The van der Waals surface area contributed by atoms with Crippen molar-refractivity contribution in [2.45, 2.75) is 6.92 Å². The van der Waals surface area contributed by atoms with Gasteiger partial charge in [-0.1, -0.05) is 29.8 Å². The fourth-order valence-electron chi connectivity index (χ4n) is 2.22. The number of nitrogens with one attached hydrogen (secondary N) is 1. The molecule has 1 heterocycles. The Morgan fingerprint density at radius 1 is 1.10 bits per heavy atom. The van der Waals surface area contributed by atoms with Gasteiger partial charge in [-0.2, -0.15) is 8.42 Å². The Hall–Kier alpha value is -2.21. The number of anilines is 2. The van der Waals surface area contributed by atoms with Gasteiger partial charge in [-0.05, 0) is 31.2 Å². The van der Waals surface area contributed by atoms with Gasteiger partial charge in [0, 0.05) is 0 Å². The molecule has 0 spiro atoms. The predicted octanol–water partition coefficient (Wildman–Crippen LogP) is 2.55. The van der Waals surface area contributed by atoms with Crippen LogP contribution < -0.4 is 13.8 Å². The number of rotatable bonds is 3. The maximum absolute atomic E-state index is 12.6. The molecule has 2 aromatic rings. The van der Waals surface area contributed by atoms with E-state index in [1.165, 1.54) is 4.31 Å². The Balaban J connectivity index is 1.91. The number of hydrogen-bond donors (Lipinski definition) is 1. The molecule has 21 heavy (non-hydrogen) atoms. The first-order valence-electron chi connectivity index (χ1n) is 6.65.